The largest absolute Gasteiger partial charge is 0.480 e. The summed E-state index contributed by atoms with van der Waals surface area (Å²) in [7, 11) is 0. The topological polar surface area (TPSA) is 263 Å². The summed E-state index contributed by atoms with van der Waals surface area (Å²) < 4.78 is 0. The highest BCUT2D eigenvalue weighted by molar-refractivity contribution is 5.94. The van der Waals surface area contributed by atoms with E-state index >= 15 is 0 Å². The molecule has 0 aliphatic rings. The van der Waals surface area contributed by atoms with Crippen LogP contribution in [-0.2, 0) is 28.8 Å². The third-order valence-corrected chi connectivity index (χ3v) is 4.66. The minimum Gasteiger partial charge on any atom is -0.480 e. The van der Waals surface area contributed by atoms with Crippen molar-refractivity contribution in [1.29, 1.82) is 0 Å². The van der Waals surface area contributed by atoms with Gasteiger partial charge in [-0.15, -0.1) is 0 Å². The zero-order chi connectivity index (χ0) is 25.6. The van der Waals surface area contributed by atoms with Crippen LogP contribution in [0.25, 0.3) is 0 Å². The van der Waals surface area contributed by atoms with Crippen LogP contribution in [0.4, 0.5) is 0 Å². The summed E-state index contributed by atoms with van der Waals surface area (Å²) in [5.41, 5.74) is 21.3. The standard InChI is InChI=1S/C19H35N7O7/c1-10(24-17(30)11(21)4-2-3-9-20)16(29)25-12(5-7-14(22)27)18(31)26-13(19(32)33)6-8-15(23)28/h10-13H,2-9,20-21H2,1H3,(H2,22,27)(H2,23,28)(H,24,30)(H,25,29)(H,26,31)(H,32,33). The molecule has 14 nitrogen and oxygen atoms in total. The van der Waals surface area contributed by atoms with Crippen molar-refractivity contribution in [3.63, 3.8) is 0 Å². The second-order valence-corrected chi connectivity index (χ2v) is 7.59. The lowest BCUT2D eigenvalue weighted by atomic mass is 10.1. The van der Waals surface area contributed by atoms with Crippen LogP contribution in [0.3, 0.4) is 0 Å². The molecule has 12 N–H and O–H groups in total. The molecular weight excluding hydrogens is 438 g/mol. The summed E-state index contributed by atoms with van der Waals surface area (Å²) in [5, 5.41) is 16.2. The van der Waals surface area contributed by atoms with Gasteiger partial charge in [0.15, 0.2) is 0 Å². The van der Waals surface area contributed by atoms with E-state index in [1.807, 2.05) is 0 Å². The summed E-state index contributed by atoms with van der Waals surface area (Å²) in [6.45, 7) is 1.84. The van der Waals surface area contributed by atoms with Gasteiger partial charge in [-0.3, -0.25) is 24.0 Å². The van der Waals surface area contributed by atoms with E-state index < -0.39 is 59.7 Å². The molecule has 4 unspecified atom stereocenters. The maximum absolute atomic E-state index is 12.6. The zero-order valence-corrected chi connectivity index (χ0v) is 18.7. The lowest BCUT2D eigenvalue weighted by Crippen LogP contribution is -2.56. The fraction of sp³-hybridized carbons (Fsp3) is 0.684. The monoisotopic (exact) mass is 473 g/mol. The van der Waals surface area contributed by atoms with Gasteiger partial charge in [-0.25, -0.2) is 4.79 Å². The van der Waals surface area contributed by atoms with Crippen molar-refractivity contribution in [1.82, 2.24) is 16.0 Å². The van der Waals surface area contributed by atoms with E-state index in [4.69, 9.17) is 22.9 Å². The van der Waals surface area contributed by atoms with Gasteiger partial charge in [-0.2, -0.15) is 0 Å². The number of amides is 5. The summed E-state index contributed by atoms with van der Waals surface area (Å²) in [4.78, 5) is 70.6. The molecule has 0 heterocycles. The van der Waals surface area contributed by atoms with Crippen molar-refractivity contribution in [2.75, 3.05) is 6.54 Å². The number of primary amides is 2. The van der Waals surface area contributed by atoms with Crippen LogP contribution in [0.2, 0.25) is 0 Å². The number of carboxylic acid groups (broad SMARTS) is 1. The van der Waals surface area contributed by atoms with E-state index in [0.29, 0.717) is 25.8 Å². The van der Waals surface area contributed by atoms with E-state index in [1.54, 1.807) is 0 Å². The van der Waals surface area contributed by atoms with Crippen molar-refractivity contribution in [2.24, 2.45) is 22.9 Å². The third kappa shape index (κ3) is 13.0. The highest BCUT2D eigenvalue weighted by Gasteiger charge is 2.29. The molecular formula is C19H35N7O7. The Labute approximate surface area is 191 Å². The Balaban J connectivity index is 5.11. The van der Waals surface area contributed by atoms with Crippen LogP contribution in [0.5, 0.6) is 0 Å². The maximum atomic E-state index is 12.6. The van der Waals surface area contributed by atoms with Crippen molar-refractivity contribution in [3.8, 4) is 0 Å². The molecule has 0 aliphatic carbocycles. The fourth-order valence-corrected chi connectivity index (χ4v) is 2.69. The molecule has 0 saturated carbocycles. The van der Waals surface area contributed by atoms with Crippen LogP contribution >= 0.6 is 0 Å². The summed E-state index contributed by atoms with van der Waals surface area (Å²) in [6, 6.07) is -4.69. The van der Waals surface area contributed by atoms with Crippen LogP contribution in [-0.4, -0.2) is 71.3 Å². The van der Waals surface area contributed by atoms with Crippen molar-refractivity contribution in [2.45, 2.75) is 76.0 Å². The van der Waals surface area contributed by atoms with Gasteiger partial charge in [0, 0.05) is 12.8 Å². The van der Waals surface area contributed by atoms with Gasteiger partial charge < -0.3 is 44.0 Å². The average molecular weight is 474 g/mol. The second-order valence-electron chi connectivity index (χ2n) is 7.59. The number of carbonyl (C=O) groups excluding carboxylic acids is 5. The smallest absolute Gasteiger partial charge is 0.326 e. The molecule has 4 atom stereocenters. The molecule has 0 saturated heterocycles. The number of carboxylic acids is 1. The maximum Gasteiger partial charge on any atom is 0.326 e. The minimum absolute atomic E-state index is 0.214. The number of nitrogens with one attached hydrogen (secondary N) is 3. The third-order valence-electron chi connectivity index (χ3n) is 4.66. The van der Waals surface area contributed by atoms with Crippen molar-refractivity contribution < 1.29 is 33.9 Å². The van der Waals surface area contributed by atoms with Crippen LogP contribution < -0.4 is 38.9 Å². The first kappa shape index (κ1) is 29.7. The molecule has 188 valence electrons. The lowest BCUT2D eigenvalue weighted by molar-refractivity contribution is -0.142. The predicted octanol–water partition coefficient (Wildman–Crippen LogP) is -3.47. The molecule has 0 aromatic heterocycles. The van der Waals surface area contributed by atoms with E-state index in [2.05, 4.69) is 16.0 Å². The van der Waals surface area contributed by atoms with Gasteiger partial charge in [0.05, 0.1) is 6.04 Å². The quantitative estimate of drug-likeness (QED) is 0.0974. The van der Waals surface area contributed by atoms with Crippen molar-refractivity contribution in [3.05, 3.63) is 0 Å². The SMILES string of the molecule is CC(NC(=O)C(N)CCCCN)C(=O)NC(CCC(N)=O)C(=O)NC(CCC(N)=O)C(=O)O. The highest BCUT2D eigenvalue weighted by atomic mass is 16.4. The van der Waals surface area contributed by atoms with Gasteiger partial charge in [0.2, 0.25) is 29.5 Å². The number of rotatable bonds is 17. The summed E-state index contributed by atoms with van der Waals surface area (Å²) in [6.07, 6.45) is 0.679. The molecule has 0 fully saturated rings. The number of aliphatic carboxylic acids is 1. The van der Waals surface area contributed by atoms with Gasteiger partial charge >= 0.3 is 5.97 Å². The first-order valence-electron chi connectivity index (χ1n) is 10.5. The van der Waals surface area contributed by atoms with Crippen LogP contribution in [0.1, 0.15) is 51.9 Å². The minimum atomic E-state index is -1.44. The van der Waals surface area contributed by atoms with E-state index in [9.17, 15) is 33.9 Å². The van der Waals surface area contributed by atoms with Gasteiger partial charge in [0.1, 0.15) is 18.1 Å². The number of unbranched alkanes of at least 4 members (excludes halogenated alkanes) is 1. The number of nitrogens with two attached hydrogens (primary N) is 4. The molecule has 33 heavy (non-hydrogen) atoms. The molecule has 0 aromatic rings. The fourth-order valence-electron chi connectivity index (χ4n) is 2.69. The van der Waals surface area contributed by atoms with Gasteiger partial charge in [-0.05, 0) is 39.2 Å². The Morgan fingerprint density at radius 1 is 0.758 bits per heavy atom. The molecule has 14 heteroatoms. The average Bonchev–Trinajstić information content (AvgIpc) is 2.72. The molecule has 0 spiro atoms. The first-order chi connectivity index (χ1) is 15.4. The second kappa shape index (κ2) is 15.5. The van der Waals surface area contributed by atoms with Crippen molar-refractivity contribution >= 4 is 35.5 Å². The lowest BCUT2D eigenvalue weighted by Gasteiger charge is -2.23. The zero-order valence-electron chi connectivity index (χ0n) is 18.7. The molecule has 0 radical (unpaired) electrons. The molecule has 0 bridgehead atoms. The number of hydrogen-bond donors (Lipinski definition) is 8. The summed E-state index contributed by atoms with van der Waals surface area (Å²) in [5.74, 6) is -5.13. The van der Waals surface area contributed by atoms with E-state index in [1.165, 1.54) is 6.92 Å². The Morgan fingerprint density at radius 3 is 1.76 bits per heavy atom. The first-order valence-corrected chi connectivity index (χ1v) is 10.5. The number of hydrogen-bond acceptors (Lipinski definition) is 8. The number of carbonyl (C=O) groups is 6. The molecule has 5 amide bonds. The Kier molecular flexibility index (Phi) is 14.0. The highest BCUT2D eigenvalue weighted by Crippen LogP contribution is 2.04. The summed E-state index contributed by atoms with van der Waals surface area (Å²) >= 11 is 0. The van der Waals surface area contributed by atoms with E-state index in [0.717, 1.165) is 0 Å². The normalized spacial score (nSPS) is 14.3. The van der Waals surface area contributed by atoms with Gasteiger partial charge in [-0.1, -0.05) is 6.42 Å². The van der Waals surface area contributed by atoms with E-state index in [-0.39, 0.29) is 25.7 Å². The predicted molar refractivity (Wildman–Crippen MR) is 117 cm³/mol. The Hall–Kier alpha value is -3.26. The molecule has 0 aromatic carbocycles. The Bertz CT molecular complexity index is 717. The molecule has 0 rings (SSSR count). The van der Waals surface area contributed by atoms with Crippen LogP contribution in [0.15, 0.2) is 0 Å². The van der Waals surface area contributed by atoms with Crippen LogP contribution in [0, 0.1) is 0 Å². The van der Waals surface area contributed by atoms with Gasteiger partial charge in [0.25, 0.3) is 0 Å². The molecule has 0 aliphatic heterocycles. The Morgan fingerprint density at radius 2 is 1.27 bits per heavy atom.